The van der Waals surface area contributed by atoms with E-state index in [1.807, 2.05) is 13.8 Å². The molecule has 0 radical (unpaired) electrons. The van der Waals surface area contributed by atoms with Gasteiger partial charge in [0.25, 0.3) is 0 Å². The molecule has 114 valence electrons. The largest absolute Gasteiger partial charge is 0.370 e. The van der Waals surface area contributed by atoms with Gasteiger partial charge in [-0.05, 0) is 19.4 Å². The average molecular weight is 326 g/mol. The summed E-state index contributed by atoms with van der Waals surface area (Å²) < 4.78 is 27.2. The molecule has 0 aromatic carbocycles. The van der Waals surface area contributed by atoms with Gasteiger partial charge in [0.15, 0.2) is 0 Å². The topological polar surface area (TPSA) is 84.0 Å². The molecule has 0 unspecified atom stereocenters. The highest BCUT2D eigenvalue weighted by Crippen LogP contribution is 2.15. The molecule has 0 saturated heterocycles. The van der Waals surface area contributed by atoms with E-state index in [1.165, 1.54) is 29.7 Å². The van der Waals surface area contributed by atoms with Crippen molar-refractivity contribution in [3.8, 4) is 0 Å². The van der Waals surface area contributed by atoms with Gasteiger partial charge in [0, 0.05) is 30.2 Å². The summed E-state index contributed by atoms with van der Waals surface area (Å²) in [5, 5.41) is 3.07. The maximum absolute atomic E-state index is 12.3. The smallest absolute Gasteiger partial charge is 0.241 e. The molecule has 21 heavy (non-hydrogen) atoms. The van der Waals surface area contributed by atoms with E-state index in [9.17, 15) is 8.42 Å². The fourth-order valence-electron chi connectivity index (χ4n) is 1.67. The second kappa shape index (κ2) is 6.97. The second-order valence-electron chi connectivity index (χ2n) is 4.49. The monoisotopic (exact) mass is 326 g/mol. The van der Waals surface area contributed by atoms with Crippen molar-refractivity contribution in [3.05, 3.63) is 34.4 Å². The molecule has 0 bridgehead atoms. The number of hydrogen-bond donors (Lipinski definition) is 2. The second-order valence-corrected chi connectivity index (χ2v) is 7.20. The number of sulfonamides is 1. The van der Waals surface area contributed by atoms with E-state index in [-0.39, 0.29) is 11.4 Å². The lowest BCUT2D eigenvalue weighted by molar-refractivity contribution is 0.581. The Kier molecular flexibility index (Phi) is 5.27. The predicted octanol–water partition coefficient (Wildman–Crippen LogP) is 2.15. The first-order chi connectivity index (χ1) is 10.0. The first-order valence-electron chi connectivity index (χ1n) is 6.61. The van der Waals surface area contributed by atoms with Crippen molar-refractivity contribution in [2.45, 2.75) is 31.7 Å². The minimum absolute atomic E-state index is 0.207. The minimum atomic E-state index is -3.55. The lowest BCUT2D eigenvalue weighted by Crippen LogP contribution is -2.23. The molecule has 0 saturated carbocycles. The van der Waals surface area contributed by atoms with Gasteiger partial charge in [-0.1, -0.05) is 6.92 Å². The van der Waals surface area contributed by atoms with Crippen LogP contribution in [0.5, 0.6) is 0 Å². The average Bonchev–Trinajstić information content (AvgIpc) is 2.89. The Morgan fingerprint density at radius 2 is 2.14 bits per heavy atom. The maximum atomic E-state index is 12.3. The van der Waals surface area contributed by atoms with Crippen LogP contribution in [0.4, 0.5) is 5.82 Å². The highest BCUT2D eigenvalue weighted by molar-refractivity contribution is 7.89. The zero-order valence-corrected chi connectivity index (χ0v) is 13.6. The van der Waals surface area contributed by atoms with Crippen LogP contribution in [-0.2, 0) is 16.6 Å². The van der Waals surface area contributed by atoms with Gasteiger partial charge in [0.05, 0.1) is 16.1 Å². The van der Waals surface area contributed by atoms with Crippen molar-refractivity contribution in [2.24, 2.45) is 0 Å². The Labute approximate surface area is 128 Å². The number of nitrogens with one attached hydrogen (secondary N) is 2. The van der Waals surface area contributed by atoms with Crippen molar-refractivity contribution in [1.82, 2.24) is 14.7 Å². The van der Waals surface area contributed by atoms with E-state index >= 15 is 0 Å². The number of anilines is 1. The lowest BCUT2D eigenvalue weighted by Gasteiger charge is -2.08. The number of rotatable bonds is 7. The Balaban J connectivity index is 2.10. The summed E-state index contributed by atoms with van der Waals surface area (Å²) in [7, 11) is -3.55. The maximum Gasteiger partial charge on any atom is 0.241 e. The third-order valence-electron chi connectivity index (χ3n) is 2.87. The number of pyridine rings is 1. The first-order valence-corrected chi connectivity index (χ1v) is 8.97. The molecule has 2 rings (SSSR count). The predicted molar refractivity (Wildman–Crippen MR) is 83.9 cm³/mol. The molecule has 2 aromatic heterocycles. The van der Waals surface area contributed by atoms with Gasteiger partial charge in [-0.2, -0.15) is 0 Å². The summed E-state index contributed by atoms with van der Waals surface area (Å²) in [5.74, 6) is 0.564. The molecule has 2 heterocycles. The van der Waals surface area contributed by atoms with E-state index < -0.39 is 10.0 Å². The molecule has 2 aromatic rings. The van der Waals surface area contributed by atoms with E-state index in [0.717, 1.165) is 23.5 Å². The third-order valence-corrected chi connectivity index (χ3v) is 5.20. The SMILES string of the molecule is CCCNc1cc(S(=O)(=O)NCc2scnc2C)ccn1. The van der Waals surface area contributed by atoms with Gasteiger partial charge in [0.1, 0.15) is 5.82 Å². The van der Waals surface area contributed by atoms with Gasteiger partial charge < -0.3 is 5.32 Å². The number of nitrogens with zero attached hydrogens (tertiary/aromatic N) is 2. The van der Waals surface area contributed by atoms with Crippen molar-refractivity contribution >= 4 is 27.2 Å². The summed E-state index contributed by atoms with van der Waals surface area (Å²) in [6.07, 6.45) is 2.44. The van der Waals surface area contributed by atoms with Gasteiger partial charge in [-0.3, -0.25) is 0 Å². The van der Waals surface area contributed by atoms with Crippen LogP contribution in [0.2, 0.25) is 0 Å². The Bertz CT molecular complexity index is 698. The summed E-state index contributed by atoms with van der Waals surface area (Å²) in [4.78, 5) is 9.33. The minimum Gasteiger partial charge on any atom is -0.370 e. The standard InChI is InChI=1S/C13H18N4O2S2/c1-3-5-14-13-7-11(4-6-15-13)21(18,19)17-8-12-10(2)16-9-20-12/h4,6-7,9,17H,3,5,8H2,1-2H3,(H,14,15). The molecule has 0 atom stereocenters. The molecule has 0 spiro atoms. The zero-order valence-electron chi connectivity index (χ0n) is 12.0. The number of hydrogen-bond acceptors (Lipinski definition) is 6. The molecular weight excluding hydrogens is 308 g/mol. The van der Waals surface area contributed by atoms with E-state index in [4.69, 9.17) is 0 Å². The van der Waals surface area contributed by atoms with Crippen molar-refractivity contribution in [2.75, 3.05) is 11.9 Å². The summed E-state index contributed by atoms with van der Waals surface area (Å²) in [6, 6.07) is 3.02. The van der Waals surface area contributed by atoms with Crippen molar-refractivity contribution < 1.29 is 8.42 Å². The van der Waals surface area contributed by atoms with Crippen LogP contribution >= 0.6 is 11.3 Å². The first kappa shape index (κ1) is 15.9. The molecule has 0 amide bonds. The van der Waals surface area contributed by atoms with Gasteiger partial charge in [0.2, 0.25) is 10.0 Å². The molecule has 2 N–H and O–H groups in total. The Morgan fingerprint density at radius 3 is 2.81 bits per heavy atom. The van der Waals surface area contributed by atoms with Crippen LogP contribution in [0.1, 0.15) is 23.9 Å². The quantitative estimate of drug-likeness (QED) is 0.814. The number of aryl methyl sites for hydroxylation is 1. The van der Waals surface area contributed by atoms with Crippen LogP contribution in [0.15, 0.2) is 28.7 Å². The highest BCUT2D eigenvalue weighted by atomic mass is 32.2. The fourth-order valence-corrected chi connectivity index (χ4v) is 3.48. The molecule has 0 aliphatic heterocycles. The summed E-state index contributed by atoms with van der Waals surface area (Å²) >= 11 is 1.44. The van der Waals surface area contributed by atoms with Crippen LogP contribution in [-0.4, -0.2) is 24.9 Å². The summed E-state index contributed by atoms with van der Waals surface area (Å²) in [6.45, 7) is 4.90. The summed E-state index contributed by atoms with van der Waals surface area (Å²) in [5.41, 5.74) is 2.56. The van der Waals surface area contributed by atoms with Gasteiger partial charge >= 0.3 is 0 Å². The van der Waals surface area contributed by atoms with Crippen LogP contribution in [0.25, 0.3) is 0 Å². The third kappa shape index (κ3) is 4.23. The van der Waals surface area contributed by atoms with Gasteiger partial charge in [-0.25, -0.2) is 23.1 Å². The molecule has 6 nitrogen and oxygen atoms in total. The number of aromatic nitrogens is 2. The zero-order chi connectivity index (χ0) is 15.3. The van der Waals surface area contributed by atoms with Crippen molar-refractivity contribution in [1.29, 1.82) is 0 Å². The lowest BCUT2D eigenvalue weighted by atomic mass is 10.4. The normalized spacial score (nSPS) is 11.5. The van der Waals surface area contributed by atoms with Crippen LogP contribution in [0.3, 0.4) is 0 Å². The molecule has 0 fully saturated rings. The van der Waals surface area contributed by atoms with Crippen molar-refractivity contribution in [3.63, 3.8) is 0 Å². The van der Waals surface area contributed by atoms with E-state index in [1.54, 1.807) is 5.51 Å². The van der Waals surface area contributed by atoms with Crippen LogP contribution in [0, 0.1) is 6.92 Å². The van der Waals surface area contributed by atoms with Crippen LogP contribution < -0.4 is 10.0 Å². The number of thiazole rings is 1. The molecule has 8 heteroatoms. The Hall–Kier alpha value is -1.51. The highest BCUT2D eigenvalue weighted by Gasteiger charge is 2.15. The van der Waals surface area contributed by atoms with E-state index in [2.05, 4.69) is 20.0 Å². The Morgan fingerprint density at radius 1 is 1.33 bits per heavy atom. The fraction of sp³-hybridized carbons (Fsp3) is 0.385. The molecular formula is C13H18N4O2S2. The van der Waals surface area contributed by atoms with Gasteiger partial charge in [-0.15, -0.1) is 11.3 Å². The molecule has 0 aliphatic carbocycles. The van der Waals surface area contributed by atoms with E-state index in [0.29, 0.717) is 5.82 Å². The molecule has 0 aliphatic rings.